The molecule has 0 amide bonds. The van der Waals surface area contributed by atoms with Crippen LogP contribution >= 0.6 is 0 Å². The molecule has 0 saturated carbocycles. The van der Waals surface area contributed by atoms with E-state index in [-0.39, 0.29) is 0 Å². The number of aryl methyl sites for hydroxylation is 1. The minimum atomic E-state index is -0.954. The first-order valence-corrected chi connectivity index (χ1v) is 7.34. The first kappa shape index (κ1) is 17.8. The Hall–Kier alpha value is -2.24. The lowest BCUT2D eigenvalue weighted by Gasteiger charge is -2.08. The maximum absolute atomic E-state index is 10.6. The summed E-state index contributed by atoms with van der Waals surface area (Å²) in [6, 6.07) is 6.97. The van der Waals surface area contributed by atoms with Crippen LogP contribution in [-0.4, -0.2) is 30.3 Å². The molecule has 0 aromatic heterocycles. The van der Waals surface area contributed by atoms with E-state index in [0.717, 1.165) is 37.0 Å². The second kappa shape index (κ2) is 10.5. The lowest BCUT2D eigenvalue weighted by molar-refractivity contribution is -0.138. The van der Waals surface area contributed by atoms with Gasteiger partial charge < -0.3 is 15.6 Å². The molecule has 0 radical (unpaired) electrons. The molecule has 7 heteroatoms. The lowest BCUT2D eigenvalue weighted by Crippen LogP contribution is -2.29. The number of benzene rings is 1. The average Bonchev–Trinajstić information content (AvgIpc) is 2.52. The van der Waals surface area contributed by atoms with Gasteiger partial charge in [-0.05, 0) is 55.3 Å². The number of rotatable bonds is 11. The Morgan fingerprint density at radius 3 is 2.68 bits per heavy atom. The molecule has 0 spiro atoms. The van der Waals surface area contributed by atoms with Crippen molar-refractivity contribution in [2.24, 2.45) is 10.8 Å². The zero-order chi connectivity index (χ0) is 16.2. The first-order chi connectivity index (χ1) is 10.6. The van der Waals surface area contributed by atoms with Crippen molar-refractivity contribution in [3.63, 3.8) is 0 Å². The van der Waals surface area contributed by atoms with Crippen LogP contribution in [0.1, 0.15) is 31.2 Å². The smallest absolute Gasteiger partial charge is 0.320 e. The Labute approximate surface area is 129 Å². The maximum atomic E-state index is 10.6. The molecule has 0 fully saturated rings. The van der Waals surface area contributed by atoms with E-state index in [1.54, 1.807) is 0 Å². The summed E-state index contributed by atoms with van der Waals surface area (Å²) >= 11 is 0. The number of carboxylic acid groups (broad SMARTS) is 1. The summed E-state index contributed by atoms with van der Waals surface area (Å²) in [6.45, 7) is 1.09. The van der Waals surface area contributed by atoms with Crippen molar-refractivity contribution in [3.05, 3.63) is 40.3 Å². The molecule has 7 nitrogen and oxygen atoms in total. The minimum absolute atomic E-state index is 0.471. The van der Waals surface area contributed by atoms with Gasteiger partial charge in [-0.1, -0.05) is 17.2 Å². The van der Waals surface area contributed by atoms with Crippen LogP contribution < -0.4 is 10.5 Å². The molecule has 1 rings (SSSR count). The molecule has 22 heavy (non-hydrogen) atoms. The molecule has 1 unspecified atom stereocenters. The van der Waals surface area contributed by atoms with E-state index in [1.807, 2.05) is 24.3 Å². The highest BCUT2D eigenvalue weighted by molar-refractivity contribution is 5.72. The highest BCUT2D eigenvalue weighted by Crippen LogP contribution is 2.14. The van der Waals surface area contributed by atoms with Crippen LogP contribution in [0.15, 0.2) is 29.4 Å². The van der Waals surface area contributed by atoms with E-state index < -0.39 is 12.0 Å². The van der Waals surface area contributed by atoms with Gasteiger partial charge in [0.2, 0.25) is 0 Å². The van der Waals surface area contributed by atoms with Crippen LogP contribution in [0.25, 0.3) is 10.4 Å². The van der Waals surface area contributed by atoms with E-state index in [0.29, 0.717) is 19.6 Å². The first-order valence-electron chi connectivity index (χ1n) is 7.34. The van der Waals surface area contributed by atoms with Gasteiger partial charge in [0.05, 0.1) is 6.61 Å². The largest absolute Gasteiger partial charge is 0.494 e. The van der Waals surface area contributed by atoms with Crippen LogP contribution in [0.2, 0.25) is 0 Å². The second-order valence-corrected chi connectivity index (χ2v) is 4.99. The summed E-state index contributed by atoms with van der Waals surface area (Å²) in [5.41, 5.74) is 14.7. The normalized spacial score (nSPS) is 11.5. The van der Waals surface area contributed by atoms with E-state index in [2.05, 4.69) is 10.0 Å². The van der Waals surface area contributed by atoms with Crippen molar-refractivity contribution in [1.82, 2.24) is 0 Å². The average molecular weight is 306 g/mol. The van der Waals surface area contributed by atoms with Gasteiger partial charge >= 0.3 is 5.97 Å². The Morgan fingerprint density at radius 1 is 1.32 bits per heavy atom. The molecule has 120 valence electrons. The molecule has 1 atom stereocenters. The van der Waals surface area contributed by atoms with Crippen molar-refractivity contribution in [1.29, 1.82) is 0 Å². The standard InChI is InChI=1S/C15H22N4O3/c16-14(15(20)21)5-3-4-12-6-8-13(9-7-12)22-11-2-1-10-18-19-17/h6-9,14H,1-5,10-11,16H2,(H,20,21). The summed E-state index contributed by atoms with van der Waals surface area (Å²) in [4.78, 5) is 13.3. The van der Waals surface area contributed by atoms with Gasteiger partial charge in [0.1, 0.15) is 11.8 Å². The lowest BCUT2D eigenvalue weighted by atomic mass is 10.1. The van der Waals surface area contributed by atoms with Crippen molar-refractivity contribution in [3.8, 4) is 5.75 Å². The fraction of sp³-hybridized carbons (Fsp3) is 0.533. The number of azide groups is 1. The van der Waals surface area contributed by atoms with E-state index >= 15 is 0 Å². The van der Waals surface area contributed by atoms with Crippen LogP contribution in [-0.2, 0) is 11.2 Å². The number of carbonyl (C=O) groups is 1. The SMILES string of the molecule is [N-]=[N+]=NCCCCOc1ccc(CCCC(N)C(=O)O)cc1. The Kier molecular flexibility index (Phi) is 8.49. The van der Waals surface area contributed by atoms with Gasteiger partial charge in [-0.15, -0.1) is 0 Å². The zero-order valence-corrected chi connectivity index (χ0v) is 12.5. The number of carboxylic acids is 1. The third-order valence-corrected chi connectivity index (χ3v) is 3.21. The van der Waals surface area contributed by atoms with Gasteiger partial charge in [0.15, 0.2) is 0 Å². The summed E-state index contributed by atoms with van der Waals surface area (Å²) in [6.07, 6.45) is 3.67. The molecule has 1 aromatic rings. The van der Waals surface area contributed by atoms with Gasteiger partial charge in [0.25, 0.3) is 0 Å². The second-order valence-electron chi connectivity index (χ2n) is 4.99. The predicted molar refractivity (Wildman–Crippen MR) is 83.7 cm³/mol. The Bertz CT molecular complexity index is 498. The van der Waals surface area contributed by atoms with Crippen molar-refractivity contribution >= 4 is 5.97 Å². The van der Waals surface area contributed by atoms with E-state index in [9.17, 15) is 4.79 Å². The van der Waals surface area contributed by atoms with Crippen molar-refractivity contribution in [2.75, 3.05) is 13.2 Å². The summed E-state index contributed by atoms with van der Waals surface area (Å²) in [5, 5.41) is 12.2. The third-order valence-electron chi connectivity index (χ3n) is 3.21. The quantitative estimate of drug-likeness (QED) is 0.282. The van der Waals surface area contributed by atoms with Gasteiger partial charge in [-0.25, -0.2) is 0 Å². The monoisotopic (exact) mass is 306 g/mol. The molecular formula is C15H22N4O3. The number of nitrogens with two attached hydrogens (primary N) is 1. The summed E-state index contributed by atoms with van der Waals surface area (Å²) in [5.74, 6) is -0.154. The Balaban J connectivity index is 2.22. The molecule has 0 aliphatic heterocycles. The van der Waals surface area contributed by atoms with Crippen molar-refractivity contribution in [2.45, 2.75) is 38.1 Å². The molecule has 0 saturated heterocycles. The van der Waals surface area contributed by atoms with Gasteiger partial charge in [-0.3, -0.25) is 4.79 Å². The molecule has 0 aliphatic carbocycles. The highest BCUT2D eigenvalue weighted by atomic mass is 16.5. The molecule has 0 heterocycles. The number of nitrogens with zero attached hydrogens (tertiary/aromatic N) is 3. The predicted octanol–water partition coefficient (Wildman–Crippen LogP) is 2.89. The molecular weight excluding hydrogens is 284 g/mol. The van der Waals surface area contributed by atoms with Crippen LogP contribution in [0, 0.1) is 0 Å². The number of ether oxygens (including phenoxy) is 1. The fourth-order valence-corrected chi connectivity index (χ4v) is 1.92. The van der Waals surface area contributed by atoms with E-state index in [4.69, 9.17) is 21.1 Å². The third kappa shape index (κ3) is 7.52. The molecule has 0 aliphatic rings. The number of hydrogen-bond acceptors (Lipinski definition) is 4. The molecule has 3 N–H and O–H groups in total. The summed E-state index contributed by atoms with van der Waals surface area (Å²) in [7, 11) is 0. The minimum Gasteiger partial charge on any atom is -0.494 e. The van der Waals surface area contributed by atoms with Gasteiger partial charge in [0, 0.05) is 11.5 Å². The summed E-state index contributed by atoms with van der Waals surface area (Å²) < 4.78 is 5.58. The van der Waals surface area contributed by atoms with E-state index in [1.165, 1.54) is 0 Å². The number of unbranched alkanes of at least 4 members (excludes halogenated alkanes) is 1. The van der Waals surface area contributed by atoms with Crippen LogP contribution in [0.3, 0.4) is 0 Å². The molecule has 1 aromatic carbocycles. The van der Waals surface area contributed by atoms with Gasteiger partial charge in [-0.2, -0.15) is 0 Å². The zero-order valence-electron chi connectivity index (χ0n) is 12.5. The van der Waals surface area contributed by atoms with Crippen LogP contribution in [0.4, 0.5) is 0 Å². The highest BCUT2D eigenvalue weighted by Gasteiger charge is 2.10. The maximum Gasteiger partial charge on any atom is 0.320 e. The fourth-order valence-electron chi connectivity index (χ4n) is 1.92. The van der Waals surface area contributed by atoms with Crippen LogP contribution in [0.5, 0.6) is 5.75 Å². The Morgan fingerprint density at radius 2 is 2.05 bits per heavy atom. The number of hydrogen-bond donors (Lipinski definition) is 2. The number of aliphatic carboxylic acids is 1. The molecule has 0 bridgehead atoms. The topological polar surface area (TPSA) is 121 Å². The van der Waals surface area contributed by atoms with Crippen molar-refractivity contribution < 1.29 is 14.6 Å².